The van der Waals surface area contributed by atoms with Crippen molar-refractivity contribution in [1.82, 2.24) is 0 Å². The molecule has 0 radical (unpaired) electrons. The zero-order valence-electron chi connectivity index (χ0n) is 13.0. The maximum absolute atomic E-state index is 6.46. The van der Waals surface area contributed by atoms with Crippen molar-refractivity contribution in [3.8, 4) is 11.5 Å². The van der Waals surface area contributed by atoms with Crippen molar-refractivity contribution in [3.05, 3.63) is 58.1 Å². The van der Waals surface area contributed by atoms with E-state index in [-0.39, 0.29) is 5.60 Å². The first-order valence-corrected chi connectivity index (χ1v) is 8.09. The van der Waals surface area contributed by atoms with Gasteiger partial charge in [-0.15, -0.1) is 0 Å². The molecular formula is C18H20Cl2O2. The molecule has 118 valence electrons. The van der Waals surface area contributed by atoms with E-state index in [0.29, 0.717) is 15.8 Å². The number of halogens is 2. The van der Waals surface area contributed by atoms with Crippen molar-refractivity contribution >= 4 is 23.2 Å². The molecule has 2 aromatic carbocycles. The third-order valence-electron chi connectivity index (χ3n) is 4.01. The molecule has 4 heteroatoms. The number of methoxy groups -OCH3 is 1. The van der Waals surface area contributed by atoms with Crippen LogP contribution in [-0.4, -0.2) is 7.11 Å². The second-order valence-corrected chi connectivity index (χ2v) is 5.95. The summed E-state index contributed by atoms with van der Waals surface area (Å²) in [5.74, 6) is 1.41. The SMILES string of the molecule is CCC(CC)(OC)c1ccc(Oc2ccc(Cl)cc2)cc1Cl. The lowest BCUT2D eigenvalue weighted by Crippen LogP contribution is -2.27. The van der Waals surface area contributed by atoms with Gasteiger partial charge >= 0.3 is 0 Å². The minimum atomic E-state index is -0.351. The van der Waals surface area contributed by atoms with E-state index in [1.54, 1.807) is 19.2 Å². The van der Waals surface area contributed by atoms with Crippen LogP contribution in [0.5, 0.6) is 11.5 Å². The number of hydrogen-bond acceptors (Lipinski definition) is 2. The molecule has 2 nitrogen and oxygen atoms in total. The third kappa shape index (κ3) is 3.57. The fourth-order valence-corrected chi connectivity index (χ4v) is 3.07. The van der Waals surface area contributed by atoms with Gasteiger partial charge in [0.25, 0.3) is 0 Å². The van der Waals surface area contributed by atoms with E-state index in [4.69, 9.17) is 32.7 Å². The quantitative estimate of drug-likeness (QED) is 0.602. The third-order valence-corrected chi connectivity index (χ3v) is 4.58. The molecule has 2 rings (SSSR count). The fraction of sp³-hybridized carbons (Fsp3) is 0.333. The second-order valence-electron chi connectivity index (χ2n) is 5.10. The molecule has 0 unspecified atom stereocenters. The molecule has 0 N–H and O–H groups in total. The van der Waals surface area contributed by atoms with Crippen molar-refractivity contribution in [1.29, 1.82) is 0 Å². The second kappa shape index (κ2) is 7.36. The average molecular weight is 339 g/mol. The van der Waals surface area contributed by atoms with Gasteiger partial charge < -0.3 is 9.47 Å². The minimum absolute atomic E-state index is 0.351. The lowest BCUT2D eigenvalue weighted by atomic mass is 9.88. The lowest BCUT2D eigenvalue weighted by Gasteiger charge is -2.31. The van der Waals surface area contributed by atoms with Crippen LogP contribution < -0.4 is 4.74 Å². The van der Waals surface area contributed by atoms with E-state index in [1.165, 1.54) is 0 Å². The maximum Gasteiger partial charge on any atom is 0.128 e. The standard InChI is InChI=1S/C18H20Cl2O2/c1-4-18(5-2,21-3)16-11-10-15(12-17(16)20)22-14-8-6-13(19)7-9-14/h6-12H,4-5H2,1-3H3. The summed E-state index contributed by atoms with van der Waals surface area (Å²) in [6.45, 7) is 4.20. The Morgan fingerprint density at radius 1 is 0.909 bits per heavy atom. The van der Waals surface area contributed by atoms with Gasteiger partial charge in [0.05, 0.1) is 10.6 Å². The Labute approximate surface area is 142 Å². The maximum atomic E-state index is 6.46. The Balaban J connectivity index is 2.27. The highest BCUT2D eigenvalue weighted by atomic mass is 35.5. The summed E-state index contributed by atoms with van der Waals surface area (Å²) >= 11 is 12.3. The van der Waals surface area contributed by atoms with Crippen LogP contribution in [-0.2, 0) is 10.3 Å². The molecule has 0 aliphatic carbocycles. The molecule has 22 heavy (non-hydrogen) atoms. The number of hydrogen-bond donors (Lipinski definition) is 0. The first-order valence-electron chi connectivity index (χ1n) is 7.33. The summed E-state index contributed by atoms with van der Waals surface area (Å²) in [5, 5.41) is 1.33. The molecule has 0 aliphatic rings. The Morgan fingerprint density at radius 2 is 1.50 bits per heavy atom. The molecule has 2 aromatic rings. The van der Waals surface area contributed by atoms with E-state index >= 15 is 0 Å². The molecule has 0 heterocycles. The van der Waals surface area contributed by atoms with Crippen LogP contribution in [0.1, 0.15) is 32.3 Å². The van der Waals surface area contributed by atoms with Gasteiger partial charge in [0, 0.05) is 17.7 Å². The van der Waals surface area contributed by atoms with Crippen LogP contribution in [0.25, 0.3) is 0 Å². The Hall–Kier alpha value is -1.22. The van der Waals surface area contributed by atoms with Crippen molar-refractivity contribution < 1.29 is 9.47 Å². The molecule has 0 saturated heterocycles. The van der Waals surface area contributed by atoms with Crippen molar-refractivity contribution in [2.45, 2.75) is 32.3 Å². The first kappa shape index (κ1) is 17.1. The van der Waals surface area contributed by atoms with Gasteiger partial charge in [-0.3, -0.25) is 0 Å². The Kier molecular flexibility index (Phi) is 5.74. The van der Waals surface area contributed by atoms with Crippen LogP contribution in [0, 0.1) is 0 Å². The molecule has 0 bridgehead atoms. The van der Waals surface area contributed by atoms with Gasteiger partial charge in [0.1, 0.15) is 11.5 Å². The highest BCUT2D eigenvalue weighted by molar-refractivity contribution is 6.31. The van der Waals surface area contributed by atoms with Gasteiger partial charge in [-0.2, -0.15) is 0 Å². The van der Waals surface area contributed by atoms with E-state index in [9.17, 15) is 0 Å². The summed E-state index contributed by atoms with van der Waals surface area (Å²) < 4.78 is 11.5. The summed E-state index contributed by atoms with van der Waals surface area (Å²) in [6, 6.07) is 12.9. The molecule has 0 fully saturated rings. The van der Waals surface area contributed by atoms with Crippen LogP contribution >= 0.6 is 23.2 Å². The van der Waals surface area contributed by atoms with Gasteiger partial charge in [-0.25, -0.2) is 0 Å². The van der Waals surface area contributed by atoms with Gasteiger partial charge in [-0.1, -0.05) is 43.1 Å². The largest absolute Gasteiger partial charge is 0.457 e. The summed E-state index contributed by atoms with van der Waals surface area (Å²) in [4.78, 5) is 0. The number of ether oxygens (including phenoxy) is 2. The van der Waals surface area contributed by atoms with Crippen LogP contribution in [0.4, 0.5) is 0 Å². The predicted molar refractivity (Wildman–Crippen MR) is 92.2 cm³/mol. The Morgan fingerprint density at radius 3 is 2.00 bits per heavy atom. The van der Waals surface area contributed by atoms with E-state index in [1.807, 2.05) is 30.3 Å². The minimum Gasteiger partial charge on any atom is -0.457 e. The summed E-state index contributed by atoms with van der Waals surface area (Å²) in [5.41, 5.74) is 0.640. The molecule has 0 spiro atoms. The van der Waals surface area contributed by atoms with E-state index in [0.717, 1.165) is 24.2 Å². The number of benzene rings is 2. The van der Waals surface area contributed by atoms with Crippen LogP contribution in [0.2, 0.25) is 10.0 Å². The number of rotatable bonds is 6. The Bertz CT molecular complexity index is 611. The van der Waals surface area contributed by atoms with Crippen molar-refractivity contribution in [3.63, 3.8) is 0 Å². The fourth-order valence-electron chi connectivity index (χ4n) is 2.60. The van der Waals surface area contributed by atoms with Gasteiger partial charge in [0.2, 0.25) is 0 Å². The van der Waals surface area contributed by atoms with E-state index in [2.05, 4.69) is 13.8 Å². The van der Waals surface area contributed by atoms with Gasteiger partial charge in [-0.05, 0) is 49.2 Å². The molecular weight excluding hydrogens is 319 g/mol. The molecule has 0 saturated carbocycles. The summed E-state index contributed by atoms with van der Waals surface area (Å²) in [6.07, 6.45) is 1.72. The van der Waals surface area contributed by atoms with Crippen LogP contribution in [0.15, 0.2) is 42.5 Å². The topological polar surface area (TPSA) is 18.5 Å². The van der Waals surface area contributed by atoms with E-state index < -0.39 is 0 Å². The average Bonchev–Trinajstić information content (AvgIpc) is 2.53. The zero-order chi connectivity index (χ0) is 16.2. The highest BCUT2D eigenvalue weighted by Gasteiger charge is 2.30. The monoisotopic (exact) mass is 338 g/mol. The summed E-state index contributed by atoms with van der Waals surface area (Å²) in [7, 11) is 1.72. The normalized spacial score (nSPS) is 11.5. The van der Waals surface area contributed by atoms with Crippen molar-refractivity contribution in [2.24, 2.45) is 0 Å². The molecule has 0 amide bonds. The lowest BCUT2D eigenvalue weighted by molar-refractivity contribution is -0.0216. The van der Waals surface area contributed by atoms with Gasteiger partial charge in [0.15, 0.2) is 0 Å². The van der Waals surface area contributed by atoms with Crippen LogP contribution in [0.3, 0.4) is 0 Å². The highest BCUT2D eigenvalue weighted by Crippen LogP contribution is 2.39. The molecule has 0 aliphatic heterocycles. The predicted octanol–water partition coefficient (Wildman–Crippen LogP) is 6.45. The molecule has 0 aromatic heterocycles. The van der Waals surface area contributed by atoms with Crippen molar-refractivity contribution in [2.75, 3.05) is 7.11 Å². The smallest absolute Gasteiger partial charge is 0.128 e. The molecule has 0 atom stereocenters. The first-order chi connectivity index (χ1) is 10.5. The zero-order valence-corrected chi connectivity index (χ0v) is 14.5.